The Morgan fingerprint density at radius 3 is 1.13 bits per heavy atom. The Morgan fingerprint density at radius 1 is 0.285 bits per heavy atom. The van der Waals surface area contributed by atoms with Crippen LogP contribution in [0.5, 0.6) is 0 Å². The van der Waals surface area contributed by atoms with Crippen LogP contribution in [0, 0.1) is 20.8 Å². The van der Waals surface area contributed by atoms with Gasteiger partial charge in [0, 0.05) is 103 Å². The lowest BCUT2D eigenvalue weighted by Gasteiger charge is -2.12. The summed E-state index contributed by atoms with van der Waals surface area (Å²) in [7, 11) is 4.04. The van der Waals surface area contributed by atoms with Crippen LogP contribution >= 0.6 is 22.7 Å². The summed E-state index contributed by atoms with van der Waals surface area (Å²) >= 11 is 3.35. The first-order valence-corrected chi connectivity index (χ1v) is 52.0. The molecule has 16 aromatic rings. The molecule has 1 aromatic carbocycles. The van der Waals surface area contributed by atoms with Crippen molar-refractivity contribution in [3.63, 3.8) is 0 Å². The van der Waals surface area contributed by atoms with E-state index in [0.29, 0.717) is 118 Å². The molecule has 0 N–H and O–H groups in total. The average Bonchev–Trinajstić information content (AvgIpc) is 1.64. The lowest BCUT2D eigenvalue weighted by molar-refractivity contribution is 0.547. The molecule has 0 aliphatic carbocycles. The Hall–Kier alpha value is -10.7. The van der Waals surface area contributed by atoms with E-state index in [1.54, 1.807) is 41.3 Å². The topological polar surface area (TPSA) is 307 Å². The number of benzene rings is 1. The third kappa shape index (κ3) is 31.9. The Kier molecular flexibility index (Phi) is 48.8. The van der Waals surface area contributed by atoms with Crippen molar-refractivity contribution < 1.29 is 8.83 Å². The summed E-state index contributed by atoms with van der Waals surface area (Å²) in [5, 5.41) is 7.78. The molecule has 0 aliphatic rings. The molecule has 25 nitrogen and oxygen atoms in total. The number of thiazole rings is 1. The molecular weight excluding hydrogens is 1740 g/mol. The van der Waals surface area contributed by atoms with Gasteiger partial charge in [-0.05, 0) is 90.8 Å². The zero-order chi connectivity index (χ0) is 104. The van der Waals surface area contributed by atoms with E-state index in [4.69, 9.17) is 8.83 Å². The number of hydrogen-bond acceptors (Lipinski definition) is 25. The quantitative estimate of drug-likeness (QED) is 0.0867. The summed E-state index contributed by atoms with van der Waals surface area (Å²) in [6.45, 7) is 94.1. The normalized spacial score (nSPS) is 11.2. The van der Waals surface area contributed by atoms with E-state index >= 15 is 0 Å². The number of hydrogen-bond donors (Lipinski definition) is 0. The third-order valence-corrected chi connectivity index (χ3v) is 22.5. The van der Waals surface area contributed by atoms with Gasteiger partial charge in [-0.15, -0.1) is 11.3 Å². The van der Waals surface area contributed by atoms with Crippen LogP contribution < -0.4 is 0 Å². The van der Waals surface area contributed by atoms with Crippen molar-refractivity contribution in [2.45, 2.75) is 406 Å². The van der Waals surface area contributed by atoms with E-state index in [0.717, 1.165) is 151 Å². The van der Waals surface area contributed by atoms with Crippen LogP contribution in [-0.4, -0.2) is 114 Å². The van der Waals surface area contributed by atoms with Crippen molar-refractivity contribution in [3.05, 3.63) is 182 Å². The highest BCUT2D eigenvalue weighted by atomic mass is 32.1. The zero-order valence-corrected chi connectivity index (χ0v) is 94.2. The fraction of sp³-hybridized carbons (Fsp3) is 0.573. The predicted molar refractivity (Wildman–Crippen MR) is 580 cm³/mol. The van der Waals surface area contributed by atoms with E-state index in [-0.39, 0.29) is 0 Å². The standard InChI is InChI=1S/C14H18N2.C13H20N4.C13H19N3.C12H16N4.C12H17N3O.C12H17N3S.C12H16N2O.C12H16N2S.5C2H6/c1-9(2)13-11-7-5-6-8-12(11)15-14(16-13)10(3)4;1-7(2)10-11-13(17(6)9(5)14-11)16-12(15-10)8(3)4;1-8(2)11-10-6-7-16(5)13(10)15-12(14-11)9(3)4;1-7(2)9-10-12(14-6-5-13-10)16-11(15-9)8(3)4;2*1-6(2)9-10-12(16-8(5)13-10)15-11(14-9)7(3)4;2*1-7(2)10-9-5-6-15-12(9)14-11(13-10)8(3)4;5*1-2/h5-10H,1-4H3;7-8H,1-6H3;6-9H,1-5H3;5-8H,1-4H3;2*6-7H,1-5H3;2*5-8H,1-4H3;5*1-2H3. The highest BCUT2D eigenvalue weighted by Crippen LogP contribution is 2.35. The Morgan fingerprint density at radius 2 is 0.657 bits per heavy atom. The van der Waals surface area contributed by atoms with Crippen molar-refractivity contribution in [2.75, 3.05) is 0 Å². The van der Waals surface area contributed by atoms with Crippen LogP contribution in [0.15, 0.2) is 81.5 Å². The summed E-state index contributed by atoms with van der Waals surface area (Å²) < 4.78 is 14.9. The maximum absolute atomic E-state index is 5.49. The molecule has 0 bridgehead atoms. The van der Waals surface area contributed by atoms with Crippen LogP contribution in [0.1, 0.15) is 494 Å². The largest absolute Gasteiger partial charge is 0.446 e. The van der Waals surface area contributed by atoms with Crippen molar-refractivity contribution in [1.29, 1.82) is 0 Å². The lowest BCUT2D eigenvalue weighted by Crippen LogP contribution is -2.06. The fourth-order valence-electron chi connectivity index (χ4n) is 13.6. The lowest BCUT2D eigenvalue weighted by atomic mass is 10.0. The number of imidazole rings is 1. The molecule has 0 amide bonds. The first kappa shape index (κ1) is 119. The zero-order valence-electron chi connectivity index (χ0n) is 92.6. The van der Waals surface area contributed by atoms with Crippen LogP contribution in [0.3, 0.4) is 0 Å². The molecule has 27 heteroatoms. The van der Waals surface area contributed by atoms with Gasteiger partial charge >= 0.3 is 0 Å². The molecular formula is C110H169N23O2S2. The van der Waals surface area contributed by atoms with Crippen LogP contribution in [0.2, 0.25) is 0 Å². The molecule has 15 heterocycles. The molecule has 0 radical (unpaired) electrons. The maximum Gasteiger partial charge on any atom is 0.250 e. The van der Waals surface area contributed by atoms with E-state index in [1.807, 2.05) is 127 Å². The van der Waals surface area contributed by atoms with Gasteiger partial charge in [-0.25, -0.2) is 94.7 Å². The van der Waals surface area contributed by atoms with Crippen LogP contribution in [0.4, 0.5) is 0 Å². The number of furan rings is 1. The average molecular weight is 1910 g/mol. The highest BCUT2D eigenvalue weighted by molar-refractivity contribution is 7.18. The minimum atomic E-state index is 0.298. The molecule has 748 valence electrons. The first-order valence-electron chi connectivity index (χ1n) is 50.4. The summed E-state index contributed by atoms with van der Waals surface area (Å²) in [6.07, 6.45) is 7.08. The van der Waals surface area contributed by atoms with Crippen LogP contribution in [0.25, 0.3) is 87.2 Å². The van der Waals surface area contributed by atoms with Crippen molar-refractivity contribution in [2.24, 2.45) is 14.1 Å². The molecule has 0 fully saturated rings. The van der Waals surface area contributed by atoms with Gasteiger partial charge in [0.05, 0.1) is 67.7 Å². The Balaban J connectivity index is 0.000000323. The number of fused-ring (bicyclic) bond motifs is 8. The molecule has 0 atom stereocenters. The van der Waals surface area contributed by atoms with Gasteiger partial charge in [0.25, 0.3) is 5.71 Å². The van der Waals surface area contributed by atoms with Crippen molar-refractivity contribution >= 4 is 110 Å². The number of rotatable bonds is 16. The molecule has 0 aliphatic heterocycles. The Labute approximate surface area is 829 Å². The third-order valence-electron chi connectivity index (χ3n) is 20.9. The summed E-state index contributed by atoms with van der Waals surface area (Å²) in [5.74, 6) is 14.8. The number of aryl methyl sites for hydroxylation is 5. The van der Waals surface area contributed by atoms with Crippen LogP contribution in [-0.2, 0) is 14.1 Å². The molecule has 16 rings (SSSR count). The monoisotopic (exact) mass is 1910 g/mol. The SMILES string of the molecule is CC.CC.CC.CC.CC.CC(C)c1nc(C(C)C)c2ccccc2n1.CC(C)c1nc(C(C)C)c2ccn(C)c2n1.CC(C)c1nc(C(C)C)c2ccoc2n1.CC(C)c1nc(C(C)C)c2ccsc2n1.CC(C)c1nc(C(C)C)c2nccnc2n1.Cc1nc2c(C(C)C)nc(C(C)C)nc2n1C.Cc1nc2c(C(C)C)nc(C(C)C)nc2o1.Cc1nc2c(C(C)C)nc(C(C)C)nc2s1. The van der Waals surface area contributed by atoms with Gasteiger partial charge in [0.1, 0.15) is 84.3 Å². The number of thiophene rings is 1. The summed E-state index contributed by atoms with van der Waals surface area (Å²) in [6, 6.07) is 14.4. The summed E-state index contributed by atoms with van der Waals surface area (Å²) in [4.78, 5) is 97.6. The molecule has 0 unspecified atom stereocenters. The second kappa shape index (κ2) is 56.4. The maximum atomic E-state index is 5.49. The first-order chi connectivity index (χ1) is 64.8. The molecule has 0 saturated carbocycles. The second-order valence-electron chi connectivity index (χ2n) is 37.6. The predicted octanol–water partition coefficient (Wildman–Crippen LogP) is 32.0. The summed E-state index contributed by atoms with van der Waals surface area (Å²) in [5.41, 5.74) is 17.3. The van der Waals surface area contributed by atoms with E-state index in [9.17, 15) is 0 Å². The Bertz CT molecular complexity index is 6030. The molecule has 137 heavy (non-hydrogen) atoms. The van der Waals surface area contributed by atoms with Crippen molar-refractivity contribution in [3.8, 4) is 0 Å². The number of oxazole rings is 1. The number of para-hydroxylation sites is 1. The number of nitrogens with zero attached hydrogens (tertiary/aromatic N) is 23. The molecule has 0 saturated heterocycles. The minimum Gasteiger partial charge on any atom is -0.446 e. The molecule has 0 spiro atoms. The fourth-order valence-corrected chi connectivity index (χ4v) is 15.1. The van der Waals surface area contributed by atoms with Gasteiger partial charge in [-0.1, -0.05) is 320 Å². The van der Waals surface area contributed by atoms with E-state index in [1.165, 1.54) is 21.9 Å². The highest BCUT2D eigenvalue weighted by Gasteiger charge is 2.24. The smallest absolute Gasteiger partial charge is 0.250 e. The van der Waals surface area contributed by atoms with E-state index < -0.39 is 0 Å². The van der Waals surface area contributed by atoms with Gasteiger partial charge in [0.2, 0.25) is 5.71 Å². The van der Waals surface area contributed by atoms with Crippen molar-refractivity contribution in [1.82, 2.24) is 114 Å². The van der Waals surface area contributed by atoms with Gasteiger partial charge in [-0.3, -0.25) is 0 Å². The second-order valence-corrected chi connectivity index (χ2v) is 39.6. The number of aromatic nitrogens is 23. The van der Waals surface area contributed by atoms with Gasteiger partial charge in [-0.2, -0.15) is 9.97 Å². The minimum absolute atomic E-state index is 0.298. The van der Waals surface area contributed by atoms with Gasteiger partial charge < -0.3 is 18.0 Å². The van der Waals surface area contributed by atoms with Gasteiger partial charge in [0.15, 0.2) is 22.7 Å². The molecule has 15 aromatic heterocycles. The van der Waals surface area contributed by atoms with E-state index in [2.05, 4.69) is 367 Å².